The summed E-state index contributed by atoms with van der Waals surface area (Å²) in [5.41, 5.74) is 1.79. The van der Waals surface area contributed by atoms with Gasteiger partial charge >= 0.3 is 7.12 Å². The van der Waals surface area contributed by atoms with Crippen LogP contribution in [0.3, 0.4) is 0 Å². The standard InChI is InChI=1S/C19H24BF2N3O2/c1-17(2)18(3,4)27-20(26-17)13-7-5-12(6-8-13)15-10-23-16(25-15)14-9-19(21,22)11-24-14/h5-8,10,14,24H,9,11H2,1-4H3,(H,23,25)/t14-/m0/s1. The molecule has 8 heteroatoms. The van der Waals surface area contributed by atoms with Gasteiger partial charge < -0.3 is 19.6 Å². The van der Waals surface area contributed by atoms with Gasteiger partial charge in [0, 0.05) is 18.2 Å². The lowest BCUT2D eigenvalue weighted by molar-refractivity contribution is 0.00578. The van der Waals surface area contributed by atoms with Crippen LogP contribution < -0.4 is 10.8 Å². The highest BCUT2D eigenvalue weighted by molar-refractivity contribution is 6.62. The summed E-state index contributed by atoms with van der Waals surface area (Å²) in [7, 11) is -0.413. The van der Waals surface area contributed by atoms with Crippen LogP contribution in [-0.2, 0) is 9.31 Å². The first-order valence-corrected chi connectivity index (χ1v) is 9.19. The molecule has 4 rings (SSSR count). The van der Waals surface area contributed by atoms with E-state index < -0.39 is 19.1 Å². The number of imidazole rings is 1. The fraction of sp³-hybridized carbons (Fsp3) is 0.526. The fourth-order valence-corrected chi connectivity index (χ4v) is 3.36. The van der Waals surface area contributed by atoms with E-state index in [-0.39, 0.29) is 24.2 Å². The van der Waals surface area contributed by atoms with E-state index >= 15 is 0 Å². The lowest BCUT2D eigenvalue weighted by atomic mass is 9.79. The van der Waals surface area contributed by atoms with Gasteiger partial charge in [0.25, 0.3) is 5.92 Å². The van der Waals surface area contributed by atoms with Crippen LogP contribution in [-0.4, -0.2) is 40.8 Å². The van der Waals surface area contributed by atoms with Gasteiger partial charge in [0.1, 0.15) is 5.82 Å². The zero-order valence-corrected chi connectivity index (χ0v) is 16.0. The number of nitrogens with one attached hydrogen (secondary N) is 2. The summed E-state index contributed by atoms with van der Waals surface area (Å²) in [6.45, 7) is 7.78. The molecule has 2 aromatic rings. The maximum Gasteiger partial charge on any atom is 0.494 e. The Labute approximate surface area is 158 Å². The summed E-state index contributed by atoms with van der Waals surface area (Å²) in [5.74, 6) is -2.14. The molecule has 0 saturated carbocycles. The number of aromatic amines is 1. The quantitative estimate of drug-likeness (QED) is 0.810. The number of nitrogens with zero attached hydrogens (tertiary/aromatic N) is 1. The predicted octanol–water partition coefficient (Wildman–Crippen LogP) is 3.05. The fourth-order valence-electron chi connectivity index (χ4n) is 3.36. The minimum absolute atomic E-state index is 0.235. The van der Waals surface area contributed by atoms with Crippen molar-refractivity contribution in [3.63, 3.8) is 0 Å². The summed E-state index contributed by atoms with van der Waals surface area (Å²) >= 11 is 0. The van der Waals surface area contributed by atoms with Crippen molar-refractivity contribution in [2.24, 2.45) is 0 Å². The van der Waals surface area contributed by atoms with Crippen LogP contribution in [0, 0.1) is 0 Å². The normalized spacial score (nSPS) is 25.9. The van der Waals surface area contributed by atoms with Gasteiger partial charge in [0.15, 0.2) is 0 Å². The third-order valence-electron chi connectivity index (χ3n) is 5.77. The second-order valence-corrected chi connectivity index (χ2v) is 8.37. The Balaban J connectivity index is 1.49. The van der Waals surface area contributed by atoms with E-state index in [9.17, 15) is 8.78 Å². The highest BCUT2D eigenvalue weighted by Crippen LogP contribution is 2.37. The van der Waals surface area contributed by atoms with Crippen molar-refractivity contribution in [1.29, 1.82) is 0 Å². The van der Waals surface area contributed by atoms with Crippen molar-refractivity contribution in [2.75, 3.05) is 6.54 Å². The first-order valence-electron chi connectivity index (χ1n) is 9.19. The number of rotatable bonds is 3. The van der Waals surface area contributed by atoms with Gasteiger partial charge in [-0.25, -0.2) is 13.8 Å². The van der Waals surface area contributed by atoms with E-state index in [0.29, 0.717) is 5.82 Å². The molecule has 27 heavy (non-hydrogen) atoms. The molecule has 0 radical (unpaired) electrons. The molecule has 3 heterocycles. The molecule has 2 saturated heterocycles. The molecule has 0 spiro atoms. The van der Waals surface area contributed by atoms with Crippen LogP contribution in [0.1, 0.15) is 46.0 Å². The van der Waals surface area contributed by atoms with Gasteiger partial charge in [-0.1, -0.05) is 24.3 Å². The summed E-state index contributed by atoms with van der Waals surface area (Å²) in [4.78, 5) is 7.51. The summed E-state index contributed by atoms with van der Waals surface area (Å²) in [6.07, 6.45) is 1.51. The molecule has 0 bridgehead atoms. The molecule has 2 aliphatic heterocycles. The second kappa shape index (κ2) is 6.12. The number of halogens is 2. The molecule has 0 unspecified atom stereocenters. The second-order valence-electron chi connectivity index (χ2n) is 8.37. The number of alkyl halides is 2. The maximum atomic E-state index is 13.4. The smallest absolute Gasteiger partial charge is 0.399 e. The minimum atomic E-state index is -2.68. The number of benzene rings is 1. The Kier molecular flexibility index (Phi) is 4.21. The third-order valence-corrected chi connectivity index (χ3v) is 5.77. The van der Waals surface area contributed by atoms with E-state index in [1.165, 1.54) is 0 Å². The van der Waals surface area contributed by atoms with Crippen LogP contribution >= 0.6 is 0 Å². The molecule has 1 aromatic carbocycles. The molecular formula is C19H24BF2N3O2. The van der Waals surface area contributed by atoms with Crippen LogP contribution in [0.4, 0.5) is 8.78 Å². The number of hydrogen-bond acceptors (Lipinski definition) is 4. The van der Waals surface area contributed by atoms with Crippen LogP contribution in [0.2, 0.25) is 0 Å². The van der Waals surface area contributed by atoms with Crippen molar-refractivity contribution in [1.82, 2.24) is 15.3 Å². The molecule has 0 amide bonds. The van der Waals surface area contributed by atoms with Gasteiger partial charge in [-0.15, -0.1) is 0 Å². The average molecular weight is 375 g/mol. The van der Waals surface area contributed by atoms with Gasteiger partial charge in [0.05, 0.1) is 29.5 Å². The van der Waals surface area contributed by atoms with Crippen molar-refractivity contribution >= 4 is 12.6 Å². The zero-order chi connectivity index (χ0) is 19.4. The van der Waals surface area contributed by atoms with E-state index in [2.05, 4.69) is 15.3 Å². The number of aromatic nitrogens is 2. The van der Waals surface area contributed by atoms with Crippen molar-refractivity contribution in [3.05, 3.63) is 36.3 Å². The van der Waals surface area contributed by atoms with E-state index in [4.69, 9.17) is 9.31 Å². The highest BCUT2D eigenvalue weighted by Gasteiger charge is 2.51. The Bertz CT molecular complexity index is 820. The molecule has 144 valence electrons. The van der Waals surface area contributed by atoms with Crippen molar-refractivity contribution < 1.29 is 18.1 Å². The average Bonchev–Trinajstić information content (AvgIpc) is 3.25. The topological polar surface area (TPSA) is 59.2 Å². The maximum absolute atomic E-state index is 13.4. The molecule has 5 nitrogen and oxygen atoms in total. The van der Waals surface area contributed by atoms with Crippen LogP contribution in [0.15, 0.2) is 30.5 Å². The Morgan fingerprint density at radius 3 is 2.26 bits per heavy atom. The summed E-state index contributed by atoms with van der Waals surface area (Å²) < 4.78 is 38.9. The van der Waals surface area contributed by atoms with Gasteiger partial charge in [-0.2, -0.15) is 0 Å². The van der Waals surface area contributed by atoms with E-state index in [0.717, 1.165) is 16.7 Å². The molecular weight excluding hydrogens is 351 g/mol. The molecule has 2 aliphatic rings. The minimum Gasteiger partial charge on any atom is -0.399 e. The SMILES string of the molecule is CC1(C)OB(c2ccc(-c3c[nH]c([C@@H]4CC(F)(F)CN4)n3)cc2)OC1(C)C. The molecule has 2 N–H and O–H groups in total. The van der Waals surface area contributed by atoms with Crippen molar-refractivity contribution in [3.8, 4) is 11.3 Å². The van der Waals surface area contributed by atoms with Gasteiger partial charge in [-0.3, -0.25) is 0 Å². The van der Waals surface area contributed by atoms with E-state index in [1.54, 1.807) is 6.20 Å². The Hall–Kier alpha value is -1.77. The Morgan fingerprint density at radius 2 is 1.70 bits per heavy atom. The lowest BCUT2D eigenvalue weighted by Crippen LogP contribution is -2.41. The summed E-state index contributed by atoms with van der Waals surface area (Å²) in [6, 6.07) is 7.34. The first-order chi connectivity index (χ1) is 12.6. The third kappa shape index (κ3) is 3.41. The first kappa shape index (κ1) is 18.6. The van der Waals surface area contributed by atoms with E-state index in [1.807, 2.05) is 52.0 Å². The zero-order valence-electron chi connectivity index (χ0n) is 16.0. The molecule has 1 aromatic heterocycles. The number of H-pyrrole nitrogens is 1. The van der Waals surface area contributed by atoms with Crippen LogP contribution in [0.25, 0.3) is 11.3 Å². The van der Waals surface area contributed by atoms with Crippen molar-refractivity contribution in [2.45, 2.75) is 57.3 Å². The van der Waals surface area contributed by atoms with Crippen LogP contribution in [0.5, 0.6) is 0 Å². The number of hydrogen-bond donors (Lipinski definition) is 2. The van der Waals surface area contributed by atoms with Gasteiger partial charge in [0.2, 0.25) is 0 Å². The predicted molar refractivity (Wildman–Crippen MR) is 100 cm³/mol. The lowest BCUT2D eigenvalue weighted by Gasteiger charge is -2.32. The summed E-state index contributed by atoms with van der Waals surface area (Å²) in [5, 5.41) is 2.81. The monoisotopic (exact) mass is 375 g/mol. The van der Waals surface area contributed by atoms with Gasteiger partial charge in [-0.05, 0) is 33.2 Å². The molecule has 2 fully saturated rings. The molecule has 0 aliphatic carbocycles. The largest absolute Gasteiger partial charge is 0.494 e. The molecule has 1 atom stereocenters. The highest BCUT2D eigenvalue weighted by atomic mass is 19.3. The Morgan fingerprint density at radius 1 is 1.07 bits per heavy atom.